The van der Waals surface area contributed by atoms with Crippen LogP contribution in [0.3, 0.4) is 0 Å². The van der Waals surface area contributed by atoms with Crippen LogP contribution in [-0.4, -0.2) is 24.6 Å². The molecule has 1 aromatic heterocycles. The monoisotopic (exact) mass is 221 g/mol. The maximum atomic E-state index is 4.46. The number of aromatic nitrogens is 1. The zero-order valence-corrected chi connectivity index (χ0v) is 10.8. The van der Waals surface area contributed by atoms with Crippen LogP contribution in [0.2, 0.25) is 0 Å². The summed E-state index contributed by atoms with van der Waals surface area (Å²) in [5.74, 6) is 1.09. The van der Waals surface area contributed by atoms with Crippen LogP contribution in [0.1, 0.15) is 32.8 Å². The Kier molecular flexibility index (Phi) is 5.26. The van der Waals surface area contributed by atoms with Crippen molar-refractivity contribution in [3.63, 3.8) is 0 Å². The van der Waals surface area contributed by atoms with Gasteiger partial charge in [-0.25, -0.2) is 4.98 Å². The highest BCUT2D eigenvalue weighted by atomic mass is 15.2. The van der Waals surface area contributed by atoms with Crippen LogP contribution >= 0.6 is 0 Å². The molecule has 0 amide bonds. The van der Waals surface area contributed by atoms with Gasteiger partial charge in [-0.05, 0) is 45.0 Å². The van der Waals surface area contributed by atoms with Crippen LogP contribution in [0.5, 0.6) is 0 Å². The lowest BCUT2D eigenvalue weighted by Crippen LogP contribution is -2.33. The molecule has 0 aliphatic carbocycles. The molecule has 1 unspecified atom stereocenters. The summed E-state index contributed by atoms with van der Waals surface area (Å²) in [5.41, 5.74) is 1.29. The van der Waals surface area contributed by atoms with Crippen molar-refractivity contribution in [1.82, 2.24) is 10.3 Å². The number of hydrogen-bond acceptors (Lipinski definition) is 3. The van der Waals surface area contributed by atoms with Gasteiger partial charge in [0.2, 0.25) is 0 Å². The van der Waals surface area contributed by atoms with Crippen LogP contribution < -0.4 is 10.2 Å². The molecule has 0 saturated heterocycles. The summed E-state index contributed by atoms with van der Waals surface area (Å²) in [4.78, 5) is 6.81. The fourth-order valence-corrected chi connectivity index (χ4v) is 1.85. The van der Waals surface area contributed by atoms with Gasteiger partial charge >= 0.3 is 0 Å². The van der Waals surface area contributed by atoms with Gasteiger partial charge in [-0.2, -0.15) is 0 Å². The average Bonchev–Trinajstić information content (AvgIpc) is 2.31. The Bertz CT molecular complexity index is 312. The van der Waals surface area contributed by atoms with Crippen molar-refractivity contribution in [3.05, 3.63) is 23.9 Å². The minimum absolute atomic E-state index is 0.544. The number of rotatable bonds is 6. The zero-order chi connectivity index (χ0) is 12.0. The molecule has 0 aliphatic rings. The van der Waals surface area contributed by atoms with E-state index >= 15 is 0 Å². The SMILES string of the molecule is CCC(C)N(CC)c1cc(CNC)ccn1. The molecule has 1 heterocycles. The van der Waals surface area contributed by atoms with Crippen molar-refractivity contribution in [2.45, 2.75) is 39.8 Å². The first kappa shape index (κ1) is 13.0. The third kappa shape index (κ3) is 3.20. The Balaban J connectivity index is 2.87. The maximum Gasteiger partial charge on any atom is 0.129 e. The van der Waals surface area contributed by atoms with Gasteiger partial charge in [-0.3, -0.25) is 0 Å². The lowest BCUT2D eigenvalue weighted by atomic mass is 10.2. The van der Waals surface area contributed by atoms with Crippen molar-refractivity contribution in [2.75, 3.05) is 18.5 Å². The maximum absolute atomic E-state index is 4.46. The van der Waals surface area contributed by atoms with E-state index in [1.54, 1.807) is 0 Å². The minimum Gasteiger partial charge on any atom is -0.354 e. The predicted octanol–water partition coefficient (Wildman–Crippen LogP) is 2.43. The summed E-state index contributed by atoms with van der Waals surface area (Å²) >= 11 is 0. The Labute approximate surface area is 98.9 Å². The summed E-state index contributed by atoms with van der Waals surface area (Å²) in [6, 6.07) is 4.78. The smallest absolute Gasteiger partial charge is 0.129 e. The molecule has 16 heavy (non-hydrogen) atoms. The van der Waals surface area contributed by atoms with E-state index < -0.39 is 0 Å². The van der Waals surface area contributed by atoms with E-state index in [2.05, 4.69) is 48.1 Å². The zero-order valence-electron chi connectivity index (χ0n) is 10.8. The summed E-state index contributed by atoms with van der Waals surface area (Å²) in [5, 5.41) is 3.17. The number of nitrogens with one attached hydrogen (secondary N) is 1. The molecule has 0 spiro atoms. The minimum atomic E-state index is 0.544. The number of nitrogens with zero attached hydrogens (tertiary/aromatic N) is 2. The molecule has 1 aromatic rings. The van der Waals surface area contributed by atoms with Gasteiger partial charge in [0.15, 0.2) is 0 Å². The van der Waals surface area contributed by atoms with Gasteiger partial charge < -0.3 is 10.2 Å². The Morgan fingerprint density at radius 3 is 2.75 bits per heavy atom. The highest BCUT2D eigenvalue weighted by molar-refractivity contribution is 5.41. The molecule has 0 fully saturated rings. The first-order valence-electron chi connectivity index (χ1n) is 6.09. The van der Waals surface area contributed by atoms with Gasteiger partial charge in [0, 0.05) is 25.3 Å². The van der Waals surface area contributed by atoms with E-state index in [0.717, 1.165) is 25.3 Å². The predicted molar refractivity (Wildman–Crippen MR) is 69.8 cm³/mol. The van der Waals surface area contributed by atoms with Crippen LogP contribution in [0.15, 0.2) is 18.3 Å². The molecular weight excluding hydrogens is 198 g/mol. The molecular formula is C13H23N3. The van der Waals surface area contributed by atoms with Crippen LogP contribution in [0, 0.1) is 0 Å². The van der Waals surface area contributed by atoms with Crippen molar-refractivity contribution in [1.29, 1.82) is 0 Å². The van der Waals surface area contributed by atoms with Gasteiger partial charge in [0.05, 0.1) is 0 Å². The van der Waals surface area contributed by atoms with E-state index in [0.29, 0.717) is 6.04 Å². The van der Waals surface area contributed by atoms with Crippen molar-refractivity contribution < 1.29 is 0 Å². The second-order valence-corrected chi connectivity index (χ2v) is 4.10. The molecule has 1 rings (SSSR count). The molecule has 0 bridgehead atoms. The lowest BCUT2D eigenvalue weighted by molar-refractivity contribution is 0.622. The largest absolute Gasteiger partial charge is 0.354 e. The number of pyridine rings is 1. The Morgan fingerprint density at radius 2 is 2.19 bits per heavy atom. The van der Waals surface area contributed by atoms with E-state index in [1.165, 1.54) is 5.56 Å². The van der Waals surface area contributed by atoms with Crippen molar-refractivity contribution >= 4 is 5.82 Å². The van der Waals surface area contributed by atoms with E-state index in [4.69, 9.17) is 0 Å². The highest BCUT2D eigenvalue weighted by Gasteiger charge is 2.12. The fourth-order valence-electron chi connectivity index (χ4n) is 1.85. The normalized spacial score (nSPS) is 12.5. The first-order chi connectivity index (χ1) is 7.72. The molecule has 0 aromatic carbocycles. The van der Waals surface area contributed by atoms with Crippen LogP contribution in [-0.2, 0) is 6.54 Å². The third-order valence-electron chi connectivity index (χ3n) is 2.95. The molecule has 3 nitrogen and oxygen atoms in total. The second kappa shape index (κ2) is 6.48. The molecule has 90 valence electrons. The fraction of sp³-hybridized carbons (Fsp3) is 0.615. The highest BCUT2D eigenvalue weighted by Crippen LogP contribution is 2.16. The molecule has 0 radical (unpaired) electrons. The molecule has 1 atom stereocenters. The summed E-state index contributed by atoms with van der Waals surface area (Å²) in [6.45, 7) is 8.54. The van der Waals surface area contributed by atoms with Gasteiger partial charge in [0.25, 0.3) is 0 Å². The lowest BCUT2D eigenvalue weighted by Gasteiger charge is -2.28. The first-order valence-corrected chi connectivity index (χ1v) is 6.09. The molecule has 0 aliphatic heterocycles. The van der Waals surface area contributed by atoms with Crippen LogP contribution in [0.25, 0.3) is 0 Å². The van der Waals surface area contributed by atoms with E-state index in [9.17, 15) is 0 Å². The third-order valence-corrected chi connectivity index (χ3v) is 2.95. The van der Waals surface area contributed by atoms with Gasteiger partial charge in [-0.15, -0.1) is 0 Å². The topological polar surface area (TPSA) is 28.2 Å². The quantitative estimate of drug-likeness (QED) is 0.799. The molecule has 0 saturated carbocycles. The van der Waals surface area contributed by atoms with Gasteiger partial charge in [0.1, 0.15) is 5.82 Å². The number of hydrogen-bond donors (Lipinski definition) is 1. The number of anilines is 1. The average molecular weight is 221 g/mol. The summed E-state index contributed by atoms with van der Waals surface area (Å²) in [7, 11) is 1.96. The molecule has 1 N–H and O–H groups in total. The Hall–Kier alpha value is -1.09. The van der Waals surface area contributed by atoms with Crippen molar-refractivity contribution in [2.24, 2.45) is 0 Å². The van der Waals surface area contributed by atoms with E-state index in [1.807, 2.05) is 13.2 Å². The second-order valence-electron chi connectivity index (χ2n) is 4.10. The summed E-state index contributed by atoms with van der Waals surface area (Å²) < 4.78 is 0. The molecule has 3 heteroatoms. The Morgan fingerprint density at radius 1 is 1.44 bits per heavy atom. The van der Waals surface area contributed by atoms with Crippen LogP contribution in [0.4, 0.5) is 5.82 Å². The van der Waals surface area contributed by atoms with E-state index in [-0.39, 0.29) is 0 Å². The standard InChI is InChI=1S/C13H23N3/c1-5-11(3)16(6-2)13-9-12(10-14-4)7-8-15-13/h7-9,11,14H,5-6,10H2,1-4H3. The van der Waals surface area contributed by atoms with Gasteiger partial charge in [-0.1, -0.05) is 6.92 Å². The van der Waals surface area contributed by atoms with Crippen molar-refractivity contribution in [3.8, 4) is 0 Å². The summed E-state index contributed by atoms with van der Waals surface area (Å²) in [6.07, 6.45) is 3.04.